The SMILES string of the molecule is COc1cc2c(cc1Br)CCN(C)C2c1ccccc1. The Hall–Kier alpha value is -1.32. The van der Waals surface area contributed by atoms with Crippen LogP contribution in [-0.4, -0.2) is 25.6 Å². The van der Waals surface area contributed by atoms with Crippen LogP contribution in [0.1, 0.15) is 22.7 Å². The topological polar surface area (TPSA) is 12.5 Å². The molecule has 104 valence electrons. The highest BCUT2D eigenvalue weighted by molar-refractivity contribution is 9.10. The van der Waals surface area contributed by atoms with E-state index in [2.05, 4.69) is 70.3 Å². The highest BCUT2D eigenvalue weighted by Crippen LogP contribution is 2.39. The molecular formula is C17H18BrNO. The zero-order valence-corrected chi connectivity index (χ0v) is 13.4. The second kappa shape index (κ2) is 5.58. The van der Waals surface area contributed by atoms with Crippen molar-refractivity contribution in [2.75, 3.05) is 20.7 Å². The van der Waals surface area contributed by atoms with Gasteiger partial charge in [0.1, 0.15) is 5.75 Å². The van der Waals surface area contributed by atoms with Crippen molar-refractivity contribution in [2.45, 2.75) is 12.5 Å². The van der Waals surface area contributed by atoms with Gasteiger partial charge in [0.2, 0.25) is 0 Å². The molecule has 0 saturated heterocycles. The van der Waals surface area contributed by atoms with Gasteiger partial charge in [-0.2, -0.15) is 0 Å². The van der Waals surface area contributed by atoms with E-state index in [1.165, 1.54) is 16.7 Å². The number of methoxy groups -OCH3 is 1. The Morgan fingerprint density at radius 1 is 1.20 bits per heavy atom. The summed E-state index contributed by atoms with van der Waals surface area (Å²) >= 11 is 3.59. The van der Waals surface area contributed by atoms with Gasteiger partial charge in [-0.25, -0.2) is 0 Å². The van der Waals surface area contributed by atoms with Crippen LogP contribution in [0.3, 0.4) is 0 Å². The van der Waals surface area contributed by atoms with E-state index in [1.807, 2.05) is 0 Å². The van der Waals surface area contributed by atoms with Crippen LogP contribution in [0.25, 0.3) is 0 Å². The van der Waals surface area contributed by atoms with E-state index in [9.17, 15) is 0 Å². The first kappa shape index (κ1) is 13.7. The van der Waals surface area contributed by atoms with Gasteiger partial charge in [-0.05, 0) is 58.2 Å². The number of rotatable bonds is 2. The maximum absolute atomic E-state index is 5.47. The molecule has 0 N–H and O–H groups in total. The normalized spacial score (nSPS) is 18.6. The van der Waals surface area contributed by atoms with E-state index < -0.39 is 0 Å². The second-order valence-electron chi connectivity index (χ2n) is 5.23. The van der Waals surface area contributed by atoms with Crippen molar-refractivity contribution < 1.29 is 4.74 Å². The average molecular weight is 332 g/mol. The molecule has 3 rings (SSSR count). The molecule has 2 nitrogen and oxygen atoms in total. The molecule has 1 unspecified atom stereocenters. The minimum atomic E-state index is 0.307. The molecule has 1 atom stereocenters. The third-order valence-electron chi connectivity index (χ3n) is 4.00. The van der Waals surface area contributed by atoms with Crippen LogP contribution >= 0.6 is 15.9 Å². The minimum Gasteiger partial charge on any atom is -0.496 e. The molecule has 0 bridgehead atoms. The van der Waals surface area contributed by atoms with Gasteiger partial charge in [0.25, 0.3) is 0 Å². The zero-order chi connectivity index (χ0) is 14.1. The summed E-state index contributed by atoms with van der Waals surface area (Å²) in [5.41, 5.74) is 4.09. The lowest BCUT2D eigenvalue weighted by molar-refractivity contribution is 0.263. The van der Waals surface area contributed by atoms with E-state index in [-0.39, 0.29) is 0 Å². The van der Waals surface area contributed by atoms with Crippen molar-refractivity contribution in [2.24, 2.45) is 0 Å². The smallest absolute Gasteiger partial charge is 0.133 e. The predicted molar refractivity (Wildman–Crippen MR) is 85.3 cm³/mol. The molecular weight excluding hydrogens is 314 g/mol. The number of ether oxygens (including phenoxy) is 1. The van der Waals surface area contributed by atoms with Crippen LogP contribution in [0.2, 0.25) is 0 Å². The molecule has 2 aromatic carbocycles. The van der Waals surface area contributed by atoms with Crippen molar-refractivity contribution in [3.63, 3.8) is 0 Å². The number of hydrogen-bond donors (Lipinski definition) is 0. The fourth-order valence-corrected chi connectivity index (χ4v) is 3.52. The molecule has 0 aliphatic carbocycles. The van der Waals surface area contributed by atoms with Crippen molar-refractivity contribution >= 4 is 15.9 Å². The largest absolute Gasteiger partial charge is 0.496 e. The quantitative estimate of drug-likeness (QED) is 0.823. The summed E-state index contributed by atoms with van der Waals surface area (Å²) in [6.45, 7) is 1.07. The Morgan fingerprint density at radius 2 is 1.95 bits per heavy atom. The van der Waals surface area contributed by atoms with Gasteiger partial charge >= 0.3 is 0 Å². The molecule has 0 amide bonds. The monoisotopic (exact) mass is 331 g/mol. The first-order valence-corrected chi connectivity index (χ1v) is 7.61. The summed E-state index contributed by atoms with van der Waals surface area (Å²) in [5.74, 6) is 0.903. The second-order valence-corrected chi connectivity index (χ2v) is 6.08. The number of nitrogens with zero attached hydrogens (tertiary/aromatic N) is 1. The Labute approximate surface area is 128 Å². The summed E-state index contributed by atoms with van der Waals surface area (Å²) in [6, 6.07) is 15.4. The number of fused-ring (bicyclic) bond motifs is 1. The Kier molecular flexibility index (Phi) is 3.81. The number of hydrogen-bond acceptors (Lipinski definition) is 2. The first-order chi connectivity index (χ1) is 9.70. The molecule has 0 radical (unpaired) electrons. The Bertz CT molecular complexity index is 612. The van der Waals surface area contributed by atoms with Crippen LogP contribution < -0.4 is 4.74 Å². The lowest BCUT2D eigenvalue weighted by Gasteiger charge is -2.35. The zero-order valence-electron chi connectivity index (χ0n) is 11.8. The minimum absolute atomic E-state index is 0.307. The Balaban J connectivity index is 2.13. The first-order valence-electron chi connectivity index (χ1n) is 6.82. The third-order valence-corrected chi connectivity index (χ3v) is 4.62. The van der Waals surface area contributed by atoms with E-state index in [4.69, 9.17) is 4.74 Å². The summed E-state index contributed by atoms with van der Waals surface area (Å²) in [7, 11) is 3.91. The number of benzene rings is 2. The molecule has 1 aliphatic rings. The average Bonchev–Trinajstić information content (AvgIpc) is 2.48. The van der Waals surface area contributed by atoms with E-state index >= 15 is 0 Å². The maximum atomic E-state index is 5.47. The van der Waals surface area contributed by atoms with E-state index in [0.29, 0.717) is 6.04 Å². The lowest BCUT2D eigenvalue weighted by Crippen LogP contribution is -2.32. The Morgan fingerprint density at radius 3 is 2.65 bits per heavy atom. The molecule has 3 heteroatoms. The van der Waals surface area contributed by atoms with Crippen LogP contribution in [0.15, 0.2) is 46.9 Å². The van der Waals surface area contributed by atoms with Crippen molar-refractivity contribution in [3.05, 3.63) is 63.6 Å². The van der Waals surface area contributed by atoms with Gasteiger partial charge < -0.3 is 4.74 Å². The molecule has 1 heterocycles. The predicted octanol–water partition coefficient (Wildman–Crippen LogP) is 4.04. The summed E-state index contributed by atoms with van der Waals surface area (Å²) in [5, 5.41) is 0. The number of halogens is 1. The molecule has 0 spiro atoms. The van der Waals surface area contributed by atoms with Gasteiger partial charge in [0.15, 0.2) is 0 Å². The third kappa shape index (κ3) is 2.36. The van der Waals surface area contributed by atoms with Crippen molar-refractivity contribution in [3.8, 4) is 5.75 Å². The van der Waals surface area contributed by atoms with Gasteiger partial charge in [-0.1, -0.05) is 30.3 Å². The standard InChI is InChI=1S/C17H18BrNO/c1-19-9-8-13-10-15(18)16(20-2)11-14(13)17(19)12-6-4-3-5-7-12/h3-7,10-11,17H,8-9H2,1-2H3. The van der Waals surface area contributed by atoms with Crippen LogP contribution in [0.5, 0.6) is 5.75 Å². The van der Waals surface area contributed by atoms with Gasteiger partial charge in [0, 0.05) is 6.54 Å². The van der Waals surface area contributed by atoms with Crippen molar-refractivity contribution in [1.29, 1.82) is 0 Å². The van der Waals surface area contributed by atoms with Gasteiger partial charge in [-0.3, -0.25) is 4.90 Å². The molecule has 20 heavy (non-hydrogen) atoms. The fourth-order valence-electron chi connectivity index (χ4n) is 2.97. The molecule has 1 aliphatic heterocycles. The van der Waals surface area contributed by atoms with Crippen LogP contribution in [0.4, 0.5) is 0 Å². The molecule has 0 aromatic heterocycles. The van der Waals surface area contributed by atoms with Crippen LogP contribution in [-0.2, 0) is 6.42 Å². The molecule has 0 fully saturated rings. The highest BCUT2D eigenvalue weighted by Gasteiger charge is 2.27. The number of likely N-dealkylation sites (N-methyl/N-ethyl adjacent to an activating group) is 1. The van der Waals surface area contributed by atoms with Gasteiger partial charge in [-0.15, -0.1) is 0 Å². The summed E-state index contributed by atoms with van der Waals surface area (Å²) in [4.78, 5) is 2.41. The van der Waals surface area contributed by atoms with E-state index in [1.54, 1.807) is 7.11 Å². The molecule has 0 saturated carbocycles. The van der Waals surface area contributed by atoms with Crippen molar-refractivity contribution in [1.82, 2.24) is 4.90 Å². The van der Waals surface area contributed by atoms with Gasteiger partial charge in [0.05, 0.1) is 17.6 Å². The fraction of sp³-hybridized carbons (Fsp3) is 0.294. The summed E-state index contributed by atoms with van der Waals surface area (Å²) < 4.78 is 6.50. The van der Waals surface area contributed by atoms with E-state index in [0.717, 1.165) is 23.2 Å². The lowest BCUT2D eigenvalue weighted by atomic mass is 9.88. The summed E-state index contributed by atoms with van der Waals surface area (Å²) in [6.07, 6.45) is 1.08. The maximum Gasteiger partial charge on any atom is 0.133 e. The van der Waals surface area contributed by atoms with Crippen LogP contribution in [0, 0.1) is 0 Å². The molecule has 2 aromatic rings. The highest BCUT2D eigenvalue weighted by atomic mass is 79.9.